The van der Waals surface area contributed by atoms with Gasteiger partial charge in [0.25, 0.3) is 5.91 Å². The van der Waals surface area contributed by atoms with E-state index in [4.69, 9.17) is 16.3 Å². The Kier molecular flexibility index (Phi) is 9.57. The minimum atomic E-state index is -0.196. The zero-order valence-electron chi connectivity index (χ0n) is 22.0. The number of amides is 2. The molecule has 0 radical (unpaired) electrons. The van der Waals surface area contributed by atoms with Gasteiger partial charge in [0.1, 0.15) is 6.54 Å². The number of hydrogen-bond acceptors (Lipinski definition) is 3. The molecule has 0 spiro atoms. The normalized spacial score (nSPS) is 11.0. The molecule has 0 atom stereocenters. The van der Waals surface area contributed by atoms with Crippen LogP contribution >= 0.6 is 11.6 Å². The van der Waals surface area contributed by atoms with Gasteiger partial charge in [-0.3, -0.25) is 9.59 Å². The van der Waals surface area contributed by atoms with Crippen LogP contribution in [0.2, 0.25) is 5.02 Å². The van der Waals surface area contributed by atoms with Crippen LogP contribution in [0.1, 0.15) is 33.5 Å². The first-order chi connectivity index (χ1) is 18.4. The highest BCUT2D eigenvalue weighted by molar-refractivity contribution is 6.30. The molecule has 3 aromatic carbocycles. The quantitative estimate of drug-likeness (QED) is 0.232. The Morgan fingerprint density at radius 3 is 2.39 bits per heavy atom. The summed E-state index contributed by atoms with van der Waals surface area (Å²) >= 11 is 6.02. The maximum absolute atomic E-state index is 13.7. The number of aromatic nitrogens is 1. The second-order valence-electron chi connectivity index (χ2n) is 9.49. The number of nitrogens with one attached hydrogen (secondary N) is 1. The number of para-hydroxylation sites is 1. The predicted octanol–water partition coefficient (Wildman–Crippen LogP) is 5.88. The van der Waals surface area contributed by atoms with Crippen molar-refractivity contribution >= 4 is 34.3 Å². The summed E-state index contributed by atoms with van der Waals surface area (Å²) in [5.74, 6) is -0.289. The lowest BCUT2D eigenvalue weighted by Gasteiger charge is -2.28. The number of halogens is 1. The molecule has 0 bridgehead atoms. The third-order valence-electron chi connectivity index (χ3n) is 6.65. The molecule has 0 saturated carbocycles. The van der Waals surface area contributed by atoms with Gasteiger partial charge in [0.15, 0.2) is 0 Å². The van der Waals surface area contributed by atoms with E-state index in [1.165, 1.54) is 5.56 Å². The number of ether oxygens (including phenoxy) is 1. The highest BCUT2D eigenvalue weighted by atomic mass is 35.5. The lowest BCUT2D eigenvalue weighted by molar-refractivity contribution is -0.132. The summed E-state index contributed by atoms with van der Waals surface area (Å²) in [6.45, 7) is 3.97. The van der Waals surface area contributed by atoms with Crippen LogP contribution in [0, 0.1) is 6.92 Å². The smallest absolute Gasteiger partial charge is 0.254 e. The summed E-state index contributed by atoms with van der Waals surface area (Å²) in [5, 5.41) is 1.72. The molecule has 1 aromatic heterocycles. The van der Waals surface area contributed by atoms with Gasteiger partial charge in [0.2, 0.25) is 5.91 Å². The van der Waals surface area contributed by atoms with Gasteiger partial charge in [-0.25, -0.2) is 0 Å². The summed E-state index contributed by atoms with van der Waals surface area (Å²) < 4.78 is 5.20. The fraction of sp³-hybridized carbons (Fsp3) is 0.290. The molecule has 6 nitrogen and oxygen atoms in total. The highest BCUT2D eigenvalue weighted by Gasteiger charge is 2.23. The molecule has 1 N–H and O–H groups in total. The molecule has 198 valence electrons. The van der Waals surface area contributed by atoms with E-state index in [1.807, 2.05) is 36.2 Å². The third kappa shape index (κ3) is 7.24. The minimum absolute atomic E-state index is 0.00901. The molecular weight excluding hydrogens is 498 g/mol. The van der Waals surface area contributed by atoms with Crippen molar-refractivity contribution in [2.45, 2.75) is 26.3 Å². The van der Waals surface area contributed by atoms with E-state index in [-0.39, 0.29) is 18.4 Å². The maximum Gasteiger partial charge on any atom is 0.254 e. The number of aromatic amines is 1. The van der Waals surface area contributed by atoms with Gasteiger partial charge in [0.05, 0.1) is 0 Å². The van der Waals surface area contributed by atoms with Gasteiger partial charge in [-0.2, -0.15) is 0 Å². The number of nitrogens with zero attached hydrogens (tertiary/aromatic N) is 2. The topological polar surface area (TPSA) is 65.6 Å². The van der Waals surface area contributed by atoms with Crippen molar-refractivity contribution in [2.24, 2.45) is 0 Å². The zero-order chi connectivity index (χ0) is 26.9. The number of carbonyl (C=O) groups is 2. The first kappa shape index (κ1) is 27.4. The van der Waals surface area contributed by atoms with Crippen LogP contribution in [0.4, 0.5) is 0 Å². The Bertz CT molecular complexity index is 1350. The van der Waals surface area contributed by atoms with Gasteiger partial charge in [-0.1, -0.05) is 59.6 Å². The Morgan fingerprint density at radius 2 is 1.66 bits per heavy atom. The molecular formula is C31H34ClN3O3. The molecule has 0 aliphatic heterocycles. The van der Waals surface area contributed by atoms with Gasteiger partial charge < -0.3 is 19.5 Å². The van der Waals surface area contributed by atoms with Crippen molar-refractivity contribution in [3.8, 4) is 0 Å². The summed E-state index contributed by atoms with van der Waals surface area (Å²) in [4.78, 5) is 33.9. The SMILES string of the molecule is COCCCN(CC(=O)N(CCc1c[nH]c2ccccc12)Cc1ccc(C)cc1)C(=O)c1ccc(Cl)cc1. The van der Waals surface area contributed by atoms with Gasteiger partial charge in [-0.05, 0) is 61.2 Å². The van der Waals surface area contributed by atoms with Crippen molar-refractivity contribution in [1.29, 1.82) is 0 Å². The molecule has 0 aliphatic carbocycles. The molecule has 2 amide bonds. The number of carbonyl (C=O) groups excluding carboxylic acids is 2. The average molecular weight is 532 g/mol. The molecule has 7 heteroatoms. The molecule has 38 heavy (non-hydrogen) atoms. The largest absolute Gasteiger partial charge is 0.385 e. The van der Waals surface area contributed by atoms with Crippen LogP contribution in [-0.4, -0.2) is 59.9 Å². The minimum Gasteiger partial charge on any atom is -0.385 e. The van der Waals surface area contributed by atoms with Crippen molar-refractivity contribution in [2.75, 3.05) is 33.4 Å². The number of benzene rings is 3. The molecule has 0 unspecified atom stereocenters. The van der Waals surface area contributed by atoms with Crippen LogP contribution < -0.4 is 0 Å². The fourth-order valence-electron chi connectivity index (χ4n) is 4.49. The molecule has 0 aliphatic rings. The first-order valence-corrected chi connectivity index (χ1v) is 13.2. The molecule has 4 aromatic rings. The zero-order valence-corrected chi connectivity index (χ0v) is 22.7. The van der Waals surface area contributed by atoms with Crippen LogP contribution in [0.5, 0.6) is 0 Å². The van der Waals surface area contributed by atoms with Crippen LogP contribution in [0.15, 0.2) is 79.0 Å². The summed E-state index contributed by atoms with van der Waals surface area (Å²) in [6, 6.07) is 23.2. The second-order valence-corrected chi connectivity index (χ2v) is 9.93. The Labute approximate surface area is 229 Å². The maximum atomic E-state index is 13.7. The molecule has 0 saturated heterocycles. The van der Waals surface area contributed by atoms with Crippen LogP contribution in [0.25, 0.3) is 10.9 Å². The Morgan fingerprint density at radius 1 is 0.921 bits per heavy atom. The van der Waals surface area contributed by atoms with Crippen molar-refractivity contribution in [3.05, 3.63) is 106 Å². The number of aryl methyl sites for hydroxylation is 1. The lowest BCUT2D eigenvalue weighted by Crippen LogP contribution is -2.44. The van der Waals surface area contributed by atoms with E-state index >= 15 is 0 Å². The summed E-state index contributed by atoms with van der Waals surface area (Å²) in [5.41, 5.74) is 4.97. The number of fused-ring (bicyclic) bond motifs is 1. The van der Waals surface area contributed by atoms with Crippen LogP contribution in [-0.2, 0) is 22.5 Å². The number of rotatable bonds is 12. The van der Waals surface area contributed by atoms with E-state index in [1.54, 1.807) is 36.3 Å². The van der Waals surface area contributed by atoms with Crippen molar-refractivity contribution in [3.63, 3.8) is 0 Å². The van der Waals surface area contributed by atoms with E-state index in [9.17, 15) is 9.59 Å². The monoisotopic (exact) mass is 531 g/mol. The van der Waals surface area contributed by atoms with Crippen LogP contribution in [0.3, 0.4) is 0 Å². The van der Waals surface area contributed by atoms with Gasteiger partial charge >= 0.3 is 0 Å². The number of hydrogen-bond donors (Lipinski definition) is 1. The molecule has 4 rings (SSSR count). The average Bonchev–Trinajstić information content (AvgIpc) is 3.34. The standard InChI is InChI=1S/C31H34ClN3O3/c1-23-8-10-24(11-9-23)21-34(18-16-26-20-33-29-7-4-3-6-28(26)29)30(36)22-35(17-5-19-38-2)31(37)25-12-14-27(32)15-13-25/h3-4,6-15,20,33H,5,16-19,21-22H2,1-2H3. The van der Waals surface area contributed by atoms with Crippen molar-refractivity contribution < 1.29 is 14.3 Å². The fourth-order valence-corrected chi connectivity index (χ4v) is 4.62. The second kappa shape index (κ2) is 13.3. The van der Waals surface area contributed by atoms with Gasteiger partial charge in [0, 0.05) is 61.0 Å². The third-order valence-corrected chi connectivity index (χ3v) is 6.91. The highest BCUT2D eigenvalue weighted by Crippen LogP contribution is 2.19. The number of H-pyrrole nitrogens is 1. The molecule has 1 heterocycles. The lowest BCUT2D eigenvalue weighted by atomic mass is 10.1. The Hall–Kier alpha value is -3.61. The van der Waals surface area contributed by atoms with E-state index in [0.717, 1.165) is 22.0 Å². The number of methoxy groups -OCH3 is 1. The van der Waals surface area contributed by atoms with E-state index < -0.39 is 0 Å². The Balaban J connectivity index is 1.53. The summed E-state index contributed by atoms with van der Waals surface area (Å²) in [6.07, 6.45) is 3.35. The summed E-state index contributed by atoms with van der Waals surface area (Å²) in [7, 11) is 1.63. The van der Waals surface area contributed by atoms with E-state index in [2.05, 4.69) is 35.3 Å². The van der Waals surface area contributed by atoms with Gasteiger partial charge in [-0.15, -0.1) is 0 Å². The van der Waals surface area contributed by atoms with E-state index in [0.29, 0.717) is 49.7 Å². The first-order valence-electron chi connectivity index (χ1n) is 12.9. The predicted molar refractivity (Wildman–Crippen MR) is 152 cm³/mol. The van der Waals surface area contributed by atoms with Crippen molar-refractivity contribution in [1.82, 2.24) is 14.8 Å². The molecule has 0 fully saturated rings.